The normalized spacial score (nSPS) is 41.3. The molecule has 7 atom stereocenters. The molecule has 158 valence electrons. The van der Waals surface area contributed by atoms with Crippen LogP contribution in [0, 0.1) is 17.8 Å². The van der Waals surface area contributed by atoms with Gasteiger partial charge in [-0.1, -0.05) is 0 Å². The number of nitrogens with zero attached hydrogens (tertiary/aromatic N) is 1. The molecule has 0 aromatic heterocycles. The van der Waals surface area contributed by atoms with Crippen molar-refractivity contribution in [2.45, 2.75) is 43.9 Å². The Hall–Kier alpha value is -1.30. The molecule has 1 amide bonds. The van der Waals surface area contributed by atoms with Gasteiger partial charge in [-0.15, -0.1) is 0 Å². The summed E-state index contributed by atoms with van der Waals surface area (Å²) in [5.41, 5.74) is 9.13. The maximum absolute atomic E-state index is 13.5. The number of fused-ring (bicyclic) bond motifs is 1. The number of hydrogen-bond donors (Lipinski definition) is 6. The van der Waals surface area contributed by atoms with Gasteiger partial charge in [-0.05, 0) is 37.6 Å². The fraction of sp³-hybridized carbons (Fsp3) is 0.833. The average molecular weight is 397 g/mol. The molecule has 7 N–H and O–H groups in total. The van der Waals surface area contributed by atoms with Gasteiger partial charge in [-0.3, -0.25) is 20.4 Å². The van der Waals surface area contributed by atoms with E-state index in [1.807, 2.05) is 0 Å². The van der Waals surface area contributed by atoms with E-state index in [9.17, 15) is 9.18 Å². The number of methoxy groups -OCH3 is 1. The number of ether oxygens (including phenoxy) is 1. The van der Waals surface area contributed by atoms with Crippen molar-refractivity contribution in [2.75, 3.05) is 33.3 Å². The monoisotopic (exact) mass is 397 g/mol. The number of piperidine rings is 2. The molecular formula is C18H32FN7O2. The van der Waals surface area contributed by atoms with Gasteiger partial charge in [0.2, 0.25) is 5.91 Å². The number of nitrogens with one attached hydrogen (secondary N) is 5. The van der Waals surface area contributed by atoms with Crippen LogP contribution in [0.5, 0.6) is 0 Å². The van der Waals surface area contributed by atoms with Gasteiger partial charge >= 0.3 is 0 Å². The Balaban J connectivity index is 1.40. The molecule has 4 rings (SSSR count). The minimum atomic E-state index is -0.562. The van der Waals surface area contributed by atoms with E-state index in [1.165, 1.54) is 6.20 Å². The van der Waals surface area contributed by atoms with Gasteiger partial charge < -0.3 is 21.1 Å². The Morgan fingerprint density at radius 2 is 2.18 bits per heavy atom. The highest BCUT2D eigenvalue weighted by Crippen LogP contribution is 2.30. The lowest BCUT2D eigenvalue weighted by molar-refractivity contribution is -0.127. The van der Waals surface area contributed by atoms with Crippen molar-refractivity contribution in [2.24, 2.45) is 23.5 Å². The second-order valence-electron chi connectivity index (χ2n) is 8.23. The molecule has 10 heteroatoms. The third-order valence-electron chi connectivity index (χ3n) is 6.55. The predicted octanol–water partition coefficient (Wildman–Crippen LogP) is -1.49. The first-order valence-electron chi connectivity index (χ1n) is 10.2. The zero-order chi connectivity index (χ0) is 19.7. The summed E-state index contributed by atoms with van der Waals surface area (Å²) >= 11 is 0. The van der Waals surface area contributed by atoms with Crippen LogP contribution in [0.2, 0.25) is 0 Å². The fourth-order valence-electron chi connectivity index (χ4n) is 5.05. The summed E-state index contributed by atoms with van der Waals surface area (Å²) in [7, 11) is 1.73. The van der Waals surface area contributed by atoms with Gasteiger partial charge in [0, 0.05) is 26.2 Å². The Kier molecular flexibility index (Phi) is 6.14. The average Bonchev–Trinajstić information content (AvgIpc) is 3.03. The maximum Gasteiger partial charge on any atom is 0.229 e. The summed E-state index contributed by atoms with van der Waals surface area (Å²) < 4.78 is 18.9. The van der Waals surface area contributed by atoms with Gasteiger partial charge in [-0.25, -0.2) is 9.82 Å². The highest BCUT2D eigenvalue weighted by molar-refractivity contribution is 5.81. The zero-order valence-electron chi connectivity index (χ0n) is 16.3. The van der Waals surface area contributed by atoms with Crippen molar-refractivity contribution in [1.29, 1.82) is 0 Å². The maximum atomic E-state index is 13.5. The third-order valence-corrected chi connectivity index (χ3v) is 6.55. The molecule has 9 nitrogen and oxygen atoms in total. The standard InChI is InChI=1S/C18H32FN7O2/c1-28-14-3-2-10(6-22-14)12-4-5-21-8-13(12)24-18(27)15-16(20)25-26-9-11(19)7-23-17(15)26/h9-10,12-17,21-23,25H,2-8,20H2,1H3,(H,24,27). The molecule has 0 spiro atoms. The topological polar surface area (TPSA) is 116 Å². The molecule has 0 aliphatic carbocycles. The van der Waals surface area contributed by atoms with Crippen LogP contribution in [0.3, 0.4) is 0 Å². The van der Waals surface area contributed by atoms with E-state index in [2.05, 4.69) is 26.7 Å². The second kappa shape index (κ2) is 8.60. The Labute approximate surface area is 164 Å². The number of carbonyl (C=O) groups excluding carboxylic acids is 1. The van der Waals surface area contributed by atoms with Crippen LogP contribution in [0.1, 0.15) is 19.3 Å². The number of halogens is 1. The Morgan fingerprint density at radius 3 is 2.93 bits per heavy atom. The number of hydrazine groups is 1. The van der Waals surface area contributed by atoms with Gasteiger partial charge in [0.15, 0.2) is 0 Å². The summed E-state index contributed by atoms with van der Waals surface area (Å²) in [5, 5.41) is 14.7. The van der Waals surface area contributed by atoms with Crippen LogP contribution >= 0.6 is 0 Å². The molecule has 0 radical (unpaired) electrons. The highest BCUT2D eigenvalue weighted by Gasteiger charge is 2.46. The summed E-state index contributed by atoms with van der Waals surface area (Å²) in [6.45, 7) is 2.74. The molecule has 0 saturated carbocycles. The number of carbonyl (C=O) groups is 1. The van der Waals surface area contributed by atoms with Crippen molar-refractivity contribution in [3.8, 4) is 0 Å². The summed E-state index contributed by atoms with van der Waals surface area (Å²) in [6, 6.07) is 0.0595. The lowest BCUT2D eigenvalue weighted by Crippen LogP contribution is -2.59. The van der Waals surface area contributed by atoms with E-state index in [0.29, 0.717) is 11.8 Å². The van der Waals surface area contributed by atoms with Crippen LogP contribution in [0.4, 0.5) is 4.39 Å². The Bertz CT molecular complexity index is 598. The number of amides is 1. The van der Waals surface area contributed by atoms with Crippen molar-refractivity contribution in [1.82, 2.24) is 31.7 Å². The summed E-state index contributed by atoms with van der Waals surface area (Å²) in [5.74, 6) is 0.0549. The fourth-order valence-corrected chi connectivity index (χ4v) is 5.05. The van der Waals surface area contributed by atoms with Gasteiger partial charge in [0.1, 0.15) is 24.1 Å². The first kappa shape index (κ1) is 20.0. The SMILES string of the molecule is COC1CCC(C2CCNCC2NC(=O)C2C(N)NN3C=C(F)CNC23)CN1. The van der Waals surface area contributed by atoms with Crippen molar-refractivity contribution in [3.63, 3.8) is 0 Å². The first-order valence-corrected chi connectivity index (χ1v) is 10.2. The molecule has 0 bridgehead atoms. The zero-order valence-corrected chi connectivity index (χ0v) is 16.3. The molecule has 3 fully saturated rings. The van der Waals surface area contributed by atoms with Crippen molar-refractivity contribution in [3.05, 3.63) is 12.0 Å². The predicted molar refractivity (Wildman–Crippen MR) is 102 cm³/mol. The van der Waals surface area contributed by atoms with E-state index < -0.39 is 12.1 Å². The van der Waals surface area contributed by atoms with Crippen LogP contribution in [0.25, 0.3) is 0 Å². The molecular weight excluding hydrogens is 365 g/mol. The largest absolute Gasteiger partial charge is 0.367 e. The van der Waals surface area contributed by atoms with Crippen LogP contribution in [0.15, 0.2) is 12.0 Å². The van der Waals surface area contributed by atoms with Gasteiger partial charge in [0.25, 0.3) is 0 Å². The first-order chi connectivity index (χ1) is 13.6. The van der Waals surface area contributed by atoms with Crippen molar-refractivity contribution < 1.29 is 13.9 Å². The minimum Gasteiger partial charge on any atom is -0.367 e. The smallest absolute Gasteiger partial charge is 0.229 e. The Morgan fingerprint density at radius 1 is 1.32 bits per heavy atom. The molecule has 7 unspecified atom stereocenters. The van der Waals surface area contributed by atoms with Gasteiger partial charge in [-0.2, -0.15) is 0 Å². The number of nitrogens with two attached hydrogens (primary N) is 1. The molecule has 3 saturated heterocycles. The van der Waals surface area contributed by atoms with Crippen LogP contribution in [-0.4, -0.2) is 68.8 Å². The molecule has 0 aromatic carbocycles. The third kappa shape index (κ3) is 4.03. The second-order valence-corrected chi connectivity index (χ2v) is 8.23. The minimum absolute atomic E-state index is 0.0595. The molecule has 28 heavy (non-hydrogen) atoms. The molecule has 4 aliphatic rings. The van der Waals surface area contributed by atoms with E-state index in [0.717, 1.165) is 38.9 Å². The van der Waals surface area contributed by atoms with E-state index in [-0.39, 0.29) is 36.7 Å². The van der Waals surface area contributed by atoms with E-state index in [1.54, 1.807) is 12.1 Å². The summed E-state index contributed by atoms with van der Waals surface area (Å²) in [4.78, 5) is 13.1. The quantitative estimate of drug-likeness (QED) is 0.340. The highest BCUT2D eigenvalue weighted by atomic mass is 19.1. The van der Waals surface area contributed by atoms with E-state index >= 15 is 0 Å². The lowest BCUT2D eigenvalue weighted by Gasteiger charge is -2.41. The van der Waals surface area contributed by atoms with Crippen molar-refractivity contribution >= 4 is 5.91 Å². The van der Waals surface area contributed by atoms with Crippen LogP contribution in [-0.2, 0) is 9.53 Å². The number of rotatable bonds is 4. The lowest BCUT2D eigenvalue weighted by atomic mass is 9.77. The molecule has 4 aliphatic heterocycles. The van der Waals surface area contributed by atoms with Gasteiger partial charge in [0.05, 0.1) is 18.9 Å². The summed E-state index contributed by atoms with van der Waals surface area (Å²) in [6.07, 6.45) is 3.71. The molecule has 4 heterocycles. The van der Waals surface area contributed by atoms with Crippen LogP contribution < -0.4 is 32.4 Å². The number of hydrogen-bond acceptors (Lipinski definition) is 8. The molecule has 0 aromatic rings. The van der Waals surface area contributed by atoms with E-state index in [4.69, 9.17) is 10.5 Å².